The number of H-pyrrole nitrogens is 1. The molecule has 1 aromatic carbocycles. The predicted molar refractivity (Wildman–Crippen MR) is 63.6 cm³/mol. The number of rotatable bonds is 1. The molecule has 0 unspecified atom stereocenters. The van der Waals surface area contributed by atoms with Crippen molar-refractivity contribution < 1.29 is 4.74 Å². The van der Waals surface area contributed by atoms with E-state index in [0.717, 1.165) is 20.9 Å². The number of fused-ring (bicyclic) bond motifs is 1. The summed E-state index contributed by atoms with van der Waals surface area (Å²) >= 11 is 3.49. The van der Waals surface area contributed by atoms with Crippen LogP contribution in [0.1, 0.15) is 5.56 Å². The molecule has 0 bridgehead atoms. The topological polar surface area (TPSA) is 42.1 Å². The Hall–Kier alpha value is -1.29. The highest BCUT2D eigenvalue weighted by Crippen LogP contribution is 2.27. The molecule has 0 radical (unpaired) electrons. The van der Waals surface area contributed by atoms with Gasteiger partial charge in [-0.05, 0) is 40.5 Å². The van der Waals surface area contributed by atoms with Gasteiger partial charge in [-0.25, -0.2) is 0 Å². The van der Waals surface area contributed by atoms with Crippen molar-refractivity contribution in [1.82, 2.24) is 4.98 Å². The molecule has 1 N–H and O–H groups in total. The first kappa shape index (κ1) is 10.2. The number of hydrogen-bond donors (Lipinski definition) is 1. The van der Waals surface area contributed by atoms with Gasteiger partial charge in [0.2, 0.25) is 0 Å². The lowest BCUT2D eigenvalue weighted by Gasteiger charge is -2.05. The molecular formula is C11H10BrNO2. The summed E-state index contributed by atoms with van der Waals surface area (Å²) in [7, 11) is 1.49. The molecule has 15 heavy (non-hydrogen) atoms. The molecule has 1 heterocycles. The highest BCUT2D eigenvalue weighted by Gasteiger charge is 2.06. The maximum absolute atomic E-state index is 11.5. The number of aromatic nitrogens is 1. The van der Waals surface area contributed by atoms with Crippen LogP contribution in [0.4, 0.5) is 0 Å². The molecule has 0 atom stereocenters. The van der Waals surface area contributed by atoms with Crippen molar-refractivity contribution in [3.8, 4) is 5.75 Å². The number of hydrogen-bond acceptors (Lipinski definition) is 2. The molecule has 0 saturated heterocycles. The van der Waals surface area contributed by atoms with Crippen molar-refractivity contribution in [1.29, 1.82) is 0 Å². The van der Waals surface area contributed by atoms with E-state index in [1.807, 2.05) is 19.1 Å². The average molecular weight is 268 g/mol. The Morgan fingerprint density at radius 2 is 2.13 bits per heavy atom. The second-order valence-electron chi connectivity index (χ2n) is 3.32. The van der Waals surface area contributed by atoms with Crippen molar-refractivity contribution in [2.75, 3.05) is 7.11 Å². The van der Waals surface area contributed by atoms with E-state index in [4.69, 9.17) is 4.74 Å². The first-order valence-electron chi connectivity index (χ1n) is 4.49. The second-order valence-corrected chi connectivity index (χ2v) is 4.12. The van der Waals surface area contributed by atoms with Gasteiger partial charge in [0.05, 0.1) is 7.11 Å². The number of aromatic amines is 1. The van der Waals surface area contributed by atoms with Gasteiger partial charge in [0.15, 0.2) is 5.75 Å². The molecular weight excluding hydrogens is 258 g/mol. The van der Waals surface area contributed by atoms with Crippen LogP contribution in [0.15, 0.2) is 27.5 Å². The number of pyridine rings is 1. The van der Waals surface area contributed by atoms with Gasteiger partial charge in [-0.1, -0.05) is 6.07 Å². The molecule has 1 aromatic heterocycles. The summed E-state index contributed by atoms with van der Waals surface area (Å²) < 4.78 is 5.96. The Balaban J connectivity index is 2.89. The fraction of sp³-hybridized carbons (Fsp3) is 0.182. The normalized spacial score (nSPS) is 10.6. The molecule has 0 aliphatic rings. The van der Waals surface area contributed by atoms with Gasteiger partial charge >= 0.3 is 0 Å². The zero-order chi connectivity index (χ0) is 11.0. The Kier molecular flexibility index (Phi) is 2.52. The molecule has 0 fully saturated rings. The minimum atomic E-state index is -0.208. The number of nitrogens with one attached hydrogen (secondary N) is 1. The Labute approximate surface area is 95.2 Å². The zero-order valence-electron chi connectivity index (χ0n) is 8.43. The van der Waals surface area contributed by atoms with E-state index >= 15 is 0 Å². The maximum atomic E-state index is 11.5. The summed E-state index contributed by atoms with van der Waals surface area (Å²) in [6.07, 6.45) is 0. The van der Waals surface area contributed by atoms with Crippen molar-refractivity contribution in [3.63, 3.8) is 0 Å². The van der Waals surface area contributed by atoms with Crippen LogP contribution >= 0.6 is 15.9 Å². The zero-order valence-corrected chi connectivity index (χ0v) is 10.0. The van der Waals surface area contributed by atoms with Crippen LogP contribution in [0.25, 0.3) is 10.9 Å². The molecule has 78 valence electrons. The van der Waals surface area contributed by atoms with E-state index < -0.39 is 0 Å². The Morgan fingerprint density at radius 3 is 2.80 bits per heavy atom. The predicted octanol–water partition coefficient (Wildman–Crippen LogP) is 2.61. The summed E-state index contributed by atoms with van der Waals surface area (Å²) in [6.45, 7) is 2.00. The molecule has 2 rings (SSSR count). The number of aryl methyl sites for hydroxylation is 1. The molecule has 0 saturated carbocycles. The molecule has 0 spiro atoms. The smallest absolute Gasteiger partial charge is 0.290 e. The average Bonchev–Trinajstić information content (AvgIpc) is 2.23. The fourth-order valence-electron chi connectivity index (χ4n) is 1.48. The molecule has 2 aromatic rings. The van der Waals surface area contributed by atoms with Crippen molar-refractivity contribution in [2.24, 2.45) is 0 Å². The molecule has 0 amide bonds. The lowest BCUT2D eigenvalue weighted by molar-refractivity contribution is 0.409. The third-order valence-electron chi connectivity index (χ3n) is 2.34. The standard InChI is InChI=1S/C11H10BrNO2/c1-6-3-4-8-7(10(6)12)5-9(15-2)11(14)13-8/h3-5H,1-2H3,(H,13,14). The molecule has 0 aliphatic carbocycles. The van der Waals surface area contributed by atoms with Gasteiger partial charge in [-0.3, -0.25) is 4.79 Å². The fourth-order valence-corrected chi connectivity index (χ4v) is 1.94. The number of halogens is 1. The monoisotopic (exact) mass is 267 g/mol. The van der Waals surface area contributed by atoms with E-state index in [2.05, 4.69) is 20.9 Å². The van der Waals surface area contributed by atoms with Crippen LogP contribution in [0, 0.1) is 6.92 Å². The first-order valence-corrected chi connectivity index (χ1v) is 5.29. The molecule has 0 aliphatic heterocycles. The Bertz CT molecular complexity index is 575. The van der Waals surface area contributed by atoms with E-state index in [0.29, 0.717) is 5.75 Å². The van der Waals surface area contributed by atoms with Gasteiger partial charge in [-0.15, -0.1) is 0 Å². The number of methoxy groups -OCH3 is 1. The van der Waals surface area contributed by atoms with Crippen molar-refractivity contribution in [2.45, 2.75) is 6.92 Å². The minimum absolute atomic E-state index is 0.208. The summed E-state index contributed by atoms with van der Waals surface area (Å²) in [5.41, 5.74) is 1.72. The lowest BCUT2D eigenvalue weighted by Crippen LogP contribution is -2.08. The van der Waals surface area contributed by atoms with Gasteiger partial charge in [0.25, 0.3) is 5.56 Å². The lowest BCUT2D eigenvalue weighted by atomic mass is 10.1. The third kappa shape index (κ3) is 1.65. The summed E-state index contributed by atoms with van der Waals surface area (Å²) in [6, 6.07) is 5.58. The molecule has 3 nitrogen and oxygen atoms in total. The Morgan fingerprint density at radius 1 is 1.40 bits per heavy atom. The van der Waals surface area contributed by atoms with E-state index in [-0.39, 0.29) is 5.56 Å². The van der Waals surface area contributed by atoms with Crippen LogP contribution in [0.3, 0.4) is 0 Å². The summed E-state index contributed by atoms with van der Waals surface area (Å²) in [4.78, 5) is 14.2. The van der Waals surface area contributed by atoms with Crippen LogP contribution in [-0.2, 0) is 0 Å². The quantitative estimate of drug-likeness (QED) is 0.863. The summed E-state index contributed by atoms with van der Waals surface area (Å²) in [5, 5.41) is 0.950. The highest BCUT2D eigenvalue weighted by atomic mass is 79.9. The molecule has 4 heteroatoms. The largest absolute Gasteiger partial charge is 0.491 e. The number of benzene rings is 1. The van der Waals surface area contributed by atoms with Crippen LogP contribution in [-0.4, -0.2) is 12.1 Å². The SMILES string of the molecule is COc1cc2c(Br)c(C)ccc2[nH]c1=O. The minimum Gasteiger partial charge on any atom is -0.491 e. The van der Waals surface area contributed by atoms with E-state index in [9.17, 15) is 4.79 Å². The highest BCUT2D eigenvalue weighted by molar-refractivity contribution is 9.10. The van der Waals surface area contributed by atoms with Crippen LogP contribution in [0.2, 0.25) is 0 Å². The third-order valence-corrected chi connectivity index (χ3v) is 3.39. The van der Waals surface area contributed by atoms with Gasteiger partial charge in [0.1, 0.15) is 0 Å². The maximum Gasteiger partial charge on any atom is 0.290 e. The van der Waals surface area contributed by atoms with Gasteiger partial charge in [-0.2, -0.15) is 0 Å². The number of ether oxygens (including phenoxy) is 1. The van der Waals surface area contributed by atoms with Crippen LogP contribution < -0.4 is 10.3 Å². The van der Waals surface area contributed by atoms with E-state index in [1.165, 1.54) is 7.11 Å². The van der Waals surface area contributed by atoms with Gasteiger partial charge < -0.3 is 9.72 Å². The summed E-state index contributed by atoms with van der Waals surface area (Å²) in [5.74, 6) is 0.328. The van der Waals surface area contributed by atoms with Crippen LogP contribution in [0.5, 0.6) is 5.75 Å². The van der Waals surface area contributed by atoms with Gasteiger partial charge in [0, 0.05) is 15.4 Å². The first-order chi connectivity index (χ1) is 7.13. The van der Waals surface area contributed by atoms with E-state index in [1.54, 1.807) is 6.07 Å². The van der Waals surface area contributed by atoms with Crippen molar-refractivity contribution in [3.05, 3.63) is 38.6 Å². The van der Waals surface area contributed by atoms with Crippen molar-refractivity contribution >= 4 is 26.8 Å². The second kappa shape index (κ2) is 3.70.